The molecule has 0 unspecified atom stereocenters. The molecule has 0 aromatic heterocycles. The van der Waals surface area contributed by atoms with Crippen molar-refractivity contribution in [3.8, 4) is 5.75 Å². The predicted molar refractivity (Wildman–Crippen MR) is 125 cm³/mol. The van der Waals surface area contributed by atoms with Gasteiger partial charge in [0.2, 0.25) is 0 Å². The number of nitrogens with zero attached hydrogens (tertiary/aromatic N) is 1. The highest BCUT2D eigenvalue weighted by molar-refractivity contribution is 5.94. The lowest BCUT2D eigenvalue weighted by Crippen LogP contribution is -2.37. The molecule has 1 amide bonds. The molecule has 3 aliphatic rings. The van der Waals surface area contributed by atoms with Crippen molar-refractivity contribution in [1.82, 2.24) is 10.2 Å². The SMILES string of the molecule is CN(C(=O)c1ccc(OCC2CC2)cc1)[C@@H]1Cc2ccc(CNC[C@@H]3CCOC3)cc2C1. The van der Waals surface area contributed by atoms with Gasteiger partial charge < -0.3 is 19.7 Å². The minimum absolute atomic E-state index is 0.0808. The number of hydrogen-bond donors (Lipinski definition) is 1. The Labute approximate surface area is 191 Å². The number of carbonyl (C=O) groups is 1. The van der Waals surface area contributed by atoms with E-state index in [4.69, 9.17) is 9.47 Å². The van der Waals surface area contributed by atoms with E-state index in [0.29, 0.717) is 5.92 Å². The summed E-state index contributed by atoms with van der Waals surface area (Å²) >= 11 is 0. The molecular weight excluding hydrogens is 400 g/mol. The number of likely N-dealkylation sites (N-methyl/N-ethyl adjacent to an activating group) is 1. The monoisotopic (exact) mass is 434 g/mol. The molecule has 1 N–H and O–H groups in total. The van der Waals surface area contributed by atoms with Gasteiger partial charge in [-0.05, 0) is 84.9 Å². The van der Waals surface area contributed by atoms with E-state index in [9.17, 15) is 4.79 Å². The van der Waals surface area contributed by atoms with Gasteiger partial charge in [0.25, 0.3) is 5.91 Å². The van der Waals surface area contributed by atoms with E-state index in [-0.39, 0.29) is 11.9 Å². The quantitative estimate of drug-likeness (QED) is 0.652. The normalized spacial score (nSPS) is 22.0. The van der Waals surface area contributed by atoms with E-state index >= 15 is 0 Å². The summed E-state index contributed by atoms with van der Waals surface area (Å²) in [6.45, 7) is 4.48. The van der Waals surface area contributed by atoms with Gasteiger partial charge in [0.1, 0.15) is 5.75 Å². The van der Waals surface area contributed by atoms with Crippen molar-refractivity contribution in [2.45, 2.75) is 44.7 Å². The van der Waals surface area contributed by atoms with Crippen molar-refractivity contribution >= 4 is 5.91 Å². The molecule has 1 heterocycles. The highest BCUT2D eigenvalue weighted by Crippen LogP contribution is 2.30. The molecule has 5 heteroatoms. The third-order valence-corrected chi connectivity index (χ3v) is 7.12. The fourth-order valence-corrected chi connectivity index (χ4v) is 4.76. The largest absolute Gasteiger partial charge is 0.493 e. The van der Waals surface area contributed by atoms with Crippen molar-refractivity contribution in [3.63, 3.8) is 0 Å². The topological polar surface area (TPSA) is 50.8 Å². The predicted octanol–water partition coefficient (Wildman–Crippen LogP) is 3.84. The lowest BCUT2D eigenvalue weighted by atomic mass is 10.1. The van der Waals surface area contributed by atoms with Gasteiger partial charge >= 0.3 is 0 Å². The zero-order valence-electron chi connectivity index (χ0n) is 19.0. The summed E-state index contributed by atoms with van der Waals surface area (Å²) in [4.78, 5) is 15.0. The van der Waals surface area contributed by atoms with Crippen LogP contribution >= 0.6 is 0 Å². The van der Waals surface area contributed by atoms with Crippen LogP contribution in [0.5, 0.6) is 5.75 Å². The Hall–Kier alpha value is -2.37. The van der Waals surface area contributed by atoms with Crippen molar-refractivity contribution in [3.05, 3.63) is 64.7 Å². The molecule has 2 aromatic carbocycles. The van der Waals surface area contributed by atoms with Crippen LogP contribution in [0.15, 0.2) is 42.5 Å². The first kappa shape index (κ1) is 21.5. The van der Waals surface area contributed by atoms with Crippen LogP contribution in [0.2, 0.25) is 0 Å². The van der Waals surface area contributed by atoms with Crippen LogP contribution in [0.3, 0.4) is 0 Å². The van der Waals surface area contributed by atoms with Crippen molar-refractivity contribution in [1.29, 1.82) is 0 Å². The molecule has 1 aliphatic heterocycles. The van der Waals surface area contributed by atoms with Gasteiger partial charge in [0.05, 0.1) is 13.2 Å². The Balaban J connectivity index is 1.14. The summed E-state index contributed by atoms with van der Waals surface area (Å²) in [7, 11) is 1.93. The summed E-state index contributed by atoms with van der Waals surface area (Å²) in [5.74, 6) is 2.31. The maximum absolute atomic E-state index is 13.1. The van der Waals surface area contributed by atoms with Crippen LogP contribution in [-0.4, -0.2) is 50.3 Å². The number of ether oxygens (including phenoxy) is 2. The fourth-order valence-electron chi connectivity index (χ4n) is 4.76. The summed E-state index contributed by atoms with van der Waals surface area (Å²) in [5.41, 5.74) is 4.79. The van der Waals surface area contributed by atoms with Crippen LogP contribution in [0, 0.1) is 11.8 Å². The lowest BCUT2D eigenvalue weighted by molar-refractivity contribution is 0.0737. The Bertz CT molecular complexity index is 932. The molecule has 1 saturated heterocycles. The van der Waals surface area contributed by atoms with Crippen molar-refractivity contribution < 1.29 is 14.3 Å². The number of fused-ring (bicyclic) bond motifs is 1. The number of nitrogens with one attached hydrogen (secondary N) is 1. The molecule has 2 fully saturated rings. The minimum atomic E-state index is 0.0808. The lowest BCUT2D eigenvalue weighted by Gasteiger charge is -2.24. The first-order chi connectivity index (χ1) is 15.7. The number of hydrogen-bond acceptors (Lipinski definition) is 4. The second-order valence-electron chi connectivity index (χ2n) is 9.72. The fraction of sp³-hybridized carbons (Fsp3) is 0.519. The van der Waals surface area contributed by atoms with Gasteiger partial charge in [0.15, 0.2) is 0 Å². The summed E-state index contributed by atoms with van der Waals surface area (Å²) in [6.07, 6.45) is 5.56. The molecule has 32 heavy (non-hydrogen) atoms. The summed E-state index contributed by atoms with van der Waals surface area (Å²) < 4.78 is 11.3. The van der Waals surface area contributed by atoms with E-state index in [1.165, 1.54) is 29.5 Å². The van der Waals surface area contributed by atoms with Crippen LogP contribution < -0.4 is 10.1 Å². The molecule has 0 spiro atoms. The number of benzene rings is 2. The second kappa shape index (κ2) is 9.63. The van der Waals surface area contributed by atoms with Crippen LogP contribution in [-0.2, 0) is 24.1 Å². The molecular formula is C27H34N2O3. The highest BCUT2D eigenvalue weighted by Gasteiger charge is 2.28. The Morgan fingerprint density at radius 1 is 1.06 bits per heavy atom. The molecule has 2 aliphatic carbocycles. The van der Waals surface area contributed by atoms with Gasteiger partial charge in [-0.15, -0.1) is 0 Å². The minimum Gasteiger partial charge on any atom is -0.493 e. The van der Waals surface area contributed by atoms with Crippen LogP contribution in [0.25, 0.3) is 0 Å². The smallest absolute Gasteiger partial charge is 0.253 e. The molecule has 2 aromatic rings. The van der Waals surface area contributed by atoms with Crippen LogP contribution in [0.1, 0.15) is 46.3 Å². The molecule has 5 nitrogen and oxygen atoms in total. The number of rotatable bonds is 9. The van der Waals surface area contributed by atoms with Gasteiger partial charge in [-0.1, -0.05) is 18.2 Å². The van der Waals surface area contributed by atoms with E-state index in [1.807, 2.05) is 36.2 Å². The molecule has 2 atom stereocenters. The maximum atomic E-state index is 13.1. The second-order valence-corrected chi connectivity index (χ2v) is 9.72. The molecule has 1 saturated carbocycles. The average Bonchev–Trinajstić information content (AvgIpc) is 3.31. The van der Waals surface area contributed by atoms with E-state index in [0.717, 1.165) is 69.4 Å². The number of carbonyl (C=O) groups excluding carboxylic acids is 1. The maximum Gasteiger partial charge on any atom is 0.253 e. The average molecular weight is 435 g/mol. The zero-order chi connectivity index (χ0) is 21.9. The van der Waals surface area contributed by atoms with E-state index in [2.05, 4.69) is 23.5 Å². The zero-order valence-corrected chi connectivity index (χ0v) is 19.0. The number of amides is 1. The molecule has 0 bridgehead atoms. The molecule has 0 radical (unpaired) electrons. The Morgan fingerprint density at radius 3 is 2.62 bits per heavy atom. The van der Waals surface area contributed by atoms with Gasteiger partial charge in [-0.25, -0.2) is 0 Å². The van der Waals surface area contributed by atoms with Gasteiger partial charge in [-0.2, -0.15) is 0 Å². The van der Waals surface area contributed by atoms with E-state index in [1.54, 1.807) is 0 Å². The third-order valence-electron chi connectivity index (χ3n) is 7.12. The first-order valence-corrected chi connectivity index (χ1v) is 12.0. The van der Waals surface area contributed by atoms with Crippen molar-refractivity contribution in [2.75, 3.05) is 33.4 Å². The standard InChI is InChI=1S/C27H34N2O3/c1-29(27(30)22-6-8-26(9-7-22)32-18-19-2-3-19)25-13-23-5-4-20(12-24(23)14-25)15-28-16-21-10-11-31-17-21/h4-9,12,19,21,25,28H,2-3,10-11,13-18H2,1H3/t21-,25+/m0/s1. The summed E-state index contributed by atoms with van der Waals surface area (Å²) in [6, 6.07) is 14.6. The van der Waals surface area contributed by atoms with Crippen molar-refractivity contribution in [2.24, 2.45) is 11.8 Å². The molecule has 170 valence electrons. The third kappa shape index (κ3) is 5.16. The van der Waals surface area contributed by atoms with E-state index < -0.39 is 0 Å². The molecule has 5 rings (SSSR count). The van der Waals surface area contributed by atoms with Gasteiger partial charge in [-0.3, -0.25) is 4.79 Å². The first-order valence-electron chi connectivity index (χ1n) is 12.0. The summed E-state index contributed by atoms with van der Waals surface area (Å²) in [5, 5.41) is 3.58. The Morgan fingerprint density at radius 2 is 1.88 bits per heavy atom. The Kier molecular flexibility index (Phi) is 6.47. The highest BCUT2D eigenvalue weighted by atomic mass is 16.5. The van der Waals surface area contributed by atoms with Gasteiger partial charge in [0, 0.05) is 38.3 Å². The van der Waals surface area contributed by atoms with Crippen LogP contribution in [0.4, 0.5) is 0 Å².